The van der Waals surface area contributed by atoms with E-state index in [1.54, 1.807) is 0 Å². The second-order valence-electron chi connectivity index (χ2n) is 8.14. The number of nitrogens with one attached hydrogen (secondary N) is 1. The number of hydrogen-bond donors (Lipinski definition) is 2. The molecule has 1 aliphatic heterocycles. The molecule has 0 unspecified atom stereocenters. The highest BCUT2D eigenvalue weighted by molar-refractivity contribution is 5.93. The Kier molecular flexibility index (Phi) is 5.74. The van der Waals surface area contributed by atoms with Gasteiger partial charge in [-0.2, -0.15) is 13.2 Å². The Morgan fingerprint density at radius 2 is 1.97 bits per heavy atom. The van der Waals surface area contributed by atoms with Crippen LogP contribution in [0.4, 0.5) is 13.2 Å². The van der Waals surface area contributed by atoms with Gasteiger partial charge in [-0.15, -0.1) is 0 Å². The summed E-state index contributed by atoms with van der Waals surface area (Å²) in [6.07, 6.45) is -1.79. The molecule has 2 aliphatic rings. The molecule has 2 heterocycles. The molecule has 1 aliphatic carbocycles. The Morgan fingerprint density at radius 3 is 2.65 bits per heavy atom. The van der Waals surface area contributed by atoms with Crippen LogP contribution in [-0.4, -0.2) is 52.7 Å². The number of piperidine rings is 1. The number of nitrogens with zero attached hydrogens (tertiary/aromatic N) is 2. The zero-order chi connectivity index (χ0) is 22.2. The van der Waals surface area contributed by atoms with Crippen molar-refractivity contribution >= 4 is 11.9 Å². The molecule has 0 bridgehead atoms. The van der Waals surface area contributed by atoms with Crippen molar-refractivity contribution in [2.75, 3.05) is 19.6 Å². The summed E-state index contributed by atoms with van der Waals surface area (Å²) in [5.74, 6) is -1.99. The van der Waals surface area contributed by atoms with Crippen LogP contribution in [0.25, 0.3) is 11.3 Å². The molecule has 2 N–H and O–H groups in total. The zero-order valence-electron chi connectivity index (χ0n) is 16.6. The highest BCUT2D eigenvalue weighted by atomic mass is 19.4. The Morgan fingerprint density at radius 1 is 1.23 bits per heavy atom. The van der Waals surface area contributed by atoms with Gasteiger partial charge in [-0.3, -0.25) is 9.59 Å². The molecule has 2 atom stereocenters. The second-order valence-corrected chi connectivity index (χ2v) is 8.14. The summed E-state index contributed by atoms with van der Waals surface area (Å²) < 4.78 is 44.7. The first kappa shape index (κ1) is 21.4. The van der Waals surface area contributed by atoms with Gasteiger partial charge in [-0.05, 0) is 31.2 Å². The normalized spacial score (nSPS) is 22.3. The van der Waals surface area contributed by atoms with Crippen LogP contribution < -0.4 is 5.32 Å². The van der Waals surface area contributed by atoms with Crippen molar-refractivity contribution in [1.82, 2.24) is 15.4 Å². The molecule has 1 saturated carbocycles. The standard InChI is InChI=1S/C21H22F3N3O4/c22-21(23,24)15-4-2-1-3-13(15)18-9-17(26-31-18)19(28)25-16-7-8-27(10-12-5-6-12)11-14(16)20(29)30/h1-4,9,12,14,16H,5-8,10-11H2,(H,25,28)(H,29,30)/t14-,16-/m1/s1. The molecule has 1 amide bonds. The number of carbonyl (C=O) groups is 2. The van der Waals surface area contributed by atoms with E-state index >= 15 is 0 Å². The molecule has 4 rings (SSSR count). The molecule has 7 nitrogen and oxygen atoms in total. The highest BCUT2D eigenvalue weighted by Crippen LogP contribution is 2.37. The summed E-state index contributed by atoms with van der Waals surface area (Å²) in [6, 6.07) is 5.39. The van der Waals surface area contributed by atoms with E-state index in [0.717, 1.165) is 18.7 Å². The monoisotopic (exact) mass is 437 g/mol. The van der Waals surface area contributed by atoms with Crippen molar-refractivity contribution in [3.8, 4) is 11.3 Å². The molecule has 31 heavy (non-hydrogen) atoms. The Bertz CT molecular complexity index is 971. The predicted octanol–water partition coefficient (Wildman–Crippen LogP) is 3.28. The third kappa shape index (κ3) is 4.90. The number of benzene rings is 1. The van der Waals surface area contributed by atoms with Crippen molar-refractivity contribution in [2.45, 2.75) is 31.5 Å². The molecule has 0 spiro atoms. The van der Waals surface area contributed by atoms with Gasteiger partial charge in [0, 0.05) is 37.3 Å². The summed E-state index contributed by atoms with van der Waals surface area (Å²) in [4.78, 5) is 26.5. The van der Waals surface area contributed by atoms with Crippen molar-refractivity contribution in [2.24, 2.45) is 11.8 Å². The summed E-state index contributed by atoms with van der Waals surface area (Å²) in [5.41, 5.74) is -1.32. The van der Waals surface area contributed by atoms with Crippen molar-refractivity contribution in [1.29, 1.82) is 0 Å². The van der Waals surface area contributed by atoms with Crippen LogP contribution in [0.1, 0.15) is 35.3 Å². The molecular weight excluding hydrogens is 415 g/mol. The third-order valence-electron chi connectivity index (χ3n) is 5.78. The van der Waals surface area contributed by atoms with Gasteiger partial charge in [0.1, 0.15) is 0 Å². The average molecular weight is 437 g/mol. The summed E-state index contributed by atoms with van der Waals surface area (Å²) >= 11 is 0. The number of likely N-dealkylation sites (tertiary alicyclic amines) is 1. The summed E-state index contributed by atoms with van der Waals surface area (Å²) in [7, 11) is 0. The fourth-order valence-electron chi connectivity index (χ4n) is 3.97. The number of alkyl halides is 3. The number of amides is 1. The maximum atomic E-state index is 13.2. The van der Waals surface area contributed by atoms with Gasteiger partial charge in [0.25, 0.3) is 5.91 Å². The quantitative estimate of drug-likeness (QED) is 0.720. The lowest BCUT2D eigenvalue weighted by Gasteiger charge is -2.36. The average Bonchev–Trinajstić information content (AvgIpc) is 3.39. The van der Waals surface area contributed by atoms with Gasteiger partial charge in [0.05, 0.1) is 11.5 Å². The van der Waals surface area contributed by atoms with E-state index in [1.807, 2.05) is 0 Å². The van der Waals surface area contributed by atoms with Gasteiger partial charge in [-0.25, -0.2) is 0 Å². The van der Waals surface area contributed by atoms with E-state index in [1.165, 1.54) is 31.0 Å². The summed E-state index contributed by atoms with van der Waals surface area (Å²) in [6.45, 7) is 1.89. The largest absolute Gasteiger partial charge is 0.481 e. The first-order chi connectivity index (χ1) is 14.7. The molecule has 2 aromatic rings. The van der Waals surface area contributed by atoms with Crippen LogP contribution in [0.5, 0.6) is 0 Å². The van der Waals surface area contributed by atoms with Crippen molar-refractivity contribution in [3.05, 3.63) is 41.6 Å². The fourth-order valence-corrected chi connectivity index (χ4v) is 3.97. The molecule has 10 heteroatoms. The van der Waals surface area contributed by atoms with Crippen molar-refractivity contribution < 1.29 is 32.4 Å². The number of halogens is 3. The summed E-state index contributed by atoms with van der Waals surface area (Å²) in [5, 5.41) is 15.9. The number of rotatable bonds is 6. The molecule has 1 aromatic heterocycles. The molecule has 0 radical (unpaired) electrons. The van der Waals surface area contributed by atoms with E-state index in [2.05, 4.69) is 15.4 Å². The van der Waals surface area contributed by atoms with E-state index in [4.69, 9.17) is 4.52 Å². The van der Waals surface area contributed by atoms with Crippen LogP contribution in [0.15, 0.2) is 34.9 Å². The second kappa shape index (κ2) is 8.33. The molecule has 166 valence electrons. The van der Waals surface area contributed by atoms with Crippen LogP contribution in [-0.2, 0) is 11.0 Å². The zero-order valence-corrected chi connectivity index (χ0v) is 16.6. The highest BCUT2D eigenvalue weighted by Gasteiger charge is 2.38. The van der Waals surface area contributed by atoms with Crippen LogP contribution in [0, 0.1) is 11.8 Å². The van der Waals surface area contributed by atoms with Crippen LogP contribution in [0.2, 0.25) is 0 Å². The van der Waals surface area contributed by atoms with E-state index < -0.39 is 35.6 Å². The minimum atomic E-state index is -4.59. The van der Waals surface area contributed by atoms with Gasteiger partial charge < -0.3 is 19.8 Å². The predicted molar refractivity (Wildman–Crippen MR) is 103 cm³/mol. The smallest absolute Gasteiger partial charge is 0.417 e. The van der Waals surface area contributed by atoms with Crippen LogP contribution >= 0.6 is 0 Å². The van der Waals surface area contributed by atoms with E-state index in [0.29, 0.717) is 25.4 Å². The maximum Gasteiger partial charge on any atom is 0.417 e. The van der Waals surface area contributed by atoms with E-state index in [9.17, 15) is 27.9 Å². The van der Waals surface area contributed by atoms with Gasteiger partial charge in [0.15, 0.2) is 11.5 Å². The van der Waals surface area contributed by atoms with Crippen LogP contribution in [0.3, 0.4) is 0 Å². The topological polar surface area (TPSA) is 95.7 Å². The lowest BCUT2D eigenvalue weighted by molar-refractivity contribution is -0.144. The van der Waals surface area contributed by atoms with Gasteiger partial charge in [-0.1, -0.05) is 23.4 Å². The minimum absolute atomic E-state index is 0.188. The number of aromatic nitrogens is 1. The molecular formula is C21H22F3N3O4. The minimum Gasteiger partial charge on any atom is -0.481 e. The number of carboxylic acids is 1. The molecule has 2 fully saturated rings. The van der Waals surface area contributed by atoms with E-state index in [-0.39, 0.29) is 17.0 Å². The lowest BCUT2D eigenvalue weighted by Crippen LogP contribution is -2.53. The molecule has 1 aromatic carbocycles. The third-order valence-corrected chi connectivity index (χ3v) is 5.78. The number of carbonyl (C=O) groups excluding carboxylic acids is 1. The van der Waals surface area contributed by atoms with Gasteiger partial charge in [0.2, 0.25) is 0 Å². The lowest BCUT2D eigenvalue weighted by atomic mass is 9.91. The van der Waals surface area contributed by atoms with Gasteiger partial charge >= 0.3 is 12.1 Å². The number of hydrogen-bond acceptors (Lipinski definition) is 5. The SMILES string of the molecule is O=C(N[C@@H]1CCN(CC2CC2)C[C@H]1C(=O)O)c1cc(-c2ccccc2C(F)(F)F)on1. The molecule has 1 saturated heterocycles. The first-order valence-corrected chi connectivity index (χ1v) is 10.1. The Labute approximate surface area is 176 Å². The number of aliphatic carboxylic acids is 1. The first-order valence-electron chi connectivity index (χ1n) is 10.1. The maximum absolute atomic E-state index is 13.2. The van der Waals surface area contributed by atoms with Crippen molar-refractivity contribution in [3.63, 3.8) is 0 Å². The Balaban J connectivity index is 1.46. The number of carboxylic acid groups (broad SMARTS) is 1. The fraction of sp³-hybridized carbons (Fsp3) is 0.476. The Hall–Kier alpha value is -2.88.